The zero-order valence-electron chi connectivity index (χ0n) is 14.3. The van der Waals surface area contributed by atoms with Crippen molar-refractivity contribution < 1.29 is 4.74 Å². The van der Waals surface area contributed by atoms with Crippen molar-refractivity contribution in [3.8, 4) is 5.75 Å². The van der Waals surface area contributed by atoms with Crippen molar-refractivity contribution in [1.82, 2.24) is 9.38 Å². The van der Waals surface area contributed by atoms with Gasteiger partial charge in [-0.3, -0.25) is 4.79 Å². The normalized spacial score (nSPS) is 12.4. The van der Waals surface area contributed by atoms with Gasteiger partial charge in [-0.2, -0.15) is 0 Å². The molecule has 132 valence electrons. The molecule has 0 aliphatic heterocycles. The molecule has 0 fully saturated rings. The average molecular weight is 588 g/mol. The van der Waals surface area contributed by atoms with Crippen molar-refractivity contribution in [2.45, 2.75) is 13.8 Å². The summed E-state index contributed by atoms with van der Waals surface area (Å²) in [6.07, 6.45) is 1.90. The Kier molecular flexibility index (Phi) is 4.72. The summed E-state index contributed by atoms with van der Waals surface area (Å²) in [5.41, 5.74) is 4.94. The highest BCUT2D eigenvalue weighted by atomic mass is 127. The van der Waals surface area contributed by atoms with Gasteiger partial charge in [0.05, 0.1) is 26.2 Å². The summed E-state index contributed by atoms with van der Waals surface area (Å²) in [7, 11) is 1.65. The molecule has 0 aliphatic rings. The number of ether oxygens (including phenoxy) is 1. The SMILES string of the molecule is COc1c(I)cc(I)cc1C=c1sc2nc3cc(C)c(C)cc3n2c1=O. The molecule has 0 saturated heterocycles. The Balaban J connectivity index is 2.02. The molecular formula is C19H14I2N2O2S. The Morgan fingerprint density at radius 3 is 2.62 bits per heavy atom. The predicted octanol–water partition coefficient (Wildman–Crippen LogP) is 4.29. The van der Waals surface area contributed by atoms with Crippen LogP contribution in [-0.4, -0.2) is 16.5 Å². The van der Waals surface area contributed by atoms with E-state index in [4.69, 9.17) is 4.74 Å². The van der Waals surface area contributed by atoms with Crippen LogP contribution in [0.2, 0.25) is 0 Å². The lowest BCUT2D eigenvalue weighted by atomic mass is 10.1. The minimum absolute atomic E-state index is 0.0355. The fourth-order valence-corrected chi connectivity index (χ4v) is 6.05. The fourth-order valence-electron chi connectivity index (χ4n) is 2.96. The zero-order chi connectivity index (χ0) is 18.6. The van der Waals surface area contributed by atoms with Gasteiger partial charge in [-0.05, 0) is 100 Å². The van der Waals surface area contributed by atoms with Gasteiger partial charge in [-0.25, -0.2) is 9.38 Å². The Bertz CT molecular complexity index is 1290. The maximum Gasteiger partial charge on any atom is 0.274 e. The molecule has 0 radical (unpaired) electrons. The van der Waals surface area contributed by atoms with Crippen LogP contribution in [0.25, 0.3) is 22.1 Å². The van der Waals surface area contributed by atoms with Gasteiger partial charge in [0.1, 0.15) is 5.75 Å². The summed E-state index contributed by atoms with van der Waals surface area (Å²) in [6.45, 7) is 4.11. The van der Waals surface area contributed by atoms with Gasteiger partial charge >= 0.3 is 0 Å². The molecule has 0 saturated carbocycles. The van der Waals surface area contributed by atoms with Crippen molar-refractivity contribution in [2.75, 3.05) is 7.11 Å². The second-order valence-corrected chi connectivity index (χ2v) is 9.50. The van der Waals surface area contributed by atoms with E-state index in [1.165, 1.54) is 16.9 Å². The van der Waals surface area contributed by atoms with Gasteiger partial charge < -0.3 is 4.74 Å². The van der Waals surface area contributed by atoms with E-state index in [0.717, 1.165) is 40.0 Å². The van der Waals surface area contributed by atoms with E-state index in [9.17, 15) is 4.79 Å². The summed E-state index contributed by atoms with van der Waals surface area (Å²) in [5.74, 6) is 0.785. The molecule has 0 unspecified atom stereocenters. The predicted molar refractivity (Wildman–Crippen MR) is 124 cm³/mol. The maximum atomic E-state index is 13.0. The van der Waals surface area contributed by atoms with Gasteiger partial charge in [0.2, 0.25) is 0 Å². The van der Waals surface area contributed by atoms with Crippen LogP contribution in [-0.2, 0) is 0 Å². The molecule has 4 nitrogen and oxygen atoms in total. The number of hydrogen-bond donors (Lipinski definition) is 0. The molecule has 4 aromatic rings. The Morgan fingerprint density at radius 1 is 1.15 bits per heavy atom. The lowest BCUT2D eigenvalue weighted by molar-refractivity contribution is 0.410. The number of fused-ring (bicyclic) bond motifs is 3. The smallest absolute Gasteiger partial charge is 0.274 e. The monoisotopic (exact) mass is 588 g/mol. The number of hydrogen-bond acceptors (Lipinski definition) is 4. The Morgan fingerprint density at radius 2 is 1.88 bits per heavy atom. The number of halogens is 2. The molecular weight excluding hydrogens is 574 g/mol. The number of aryl methyl sites for hydroxylation is 2. The third-order valence-electron chi connectivity index (χ3n) is 4.38. The van der Waals surface area contributed by atoms with E-state index in [1.54, 1.807) is 11.5 Å². The van der Waals surface area contributed by atoms with Gasteiger partial charge in [-0.1, -0.05) is 11.3 Å². The zero-order valence-corrected chi connectivity index (χ0v) is 19.4. The molecule has 2 aromatic carbocycles. The molecule has 2 aromatic heterocycles. The molecule has 0 amide bonds. The van der Waals surface area contributed by atoms with Crippen LogP contribution in [0, 0.1) is 21.0 Å². The van der Waals surface area contributed by atoms with Gasteiger partial charge in [0.15, 0.2) is 4.96 Å². The number of nitrogens with zero attached hydrogens (tertiary/aromatic N) is 2. The van der Waals surface area contributed by atoms with Gasteiger partial charge in [0.25, 0.3) is 5.56 Å². The third-order valence-corrected chi connectivity index (χ3v) is 6.78. The molecule has 0 aliphatic carbocycles. The van der Waals surface area contributed by atoms with E-state index in [1.807, 2.05) is 24.3 Å². The van der Waals surface area contributed by atoms with E-state index in [-0.39, 0.29) is 5.56 Å². The molecule has 7 heteroatoms. The molecule has 2 heterocycles. The van der Waals surface area contributed by atoms with Gasteiger partial charge in [-0.15, -0.1) is 0 Å². The molecule has 0 spiro atoms. The van der Waals surface area contributed by atoms with Crippen LogP contribution in [0.5, 0.6) is 5.75 Å². The minimum atomic E-state index is -0.0355. The molecule has 26 heavy (non-hydrogen) atoms. The number of aromatic nitrogens is 2. The third kappa shape index (κ3) is 2.93. The van der Waals surface area contributed by atoms with E-state index in [2.05, 4.69) is 70.1 Å². The first-order chi connectivity index (χ1) is 12.4. The van der Waals surface area contributed by atoms with Crippen molar-refractivity contribution >= 4 is 78.6 Å². The van der Waals surface area contributed by atoms with Gasteiger partial charge in [0, 0.05) is 9.13 Å². The second-order valence-electron chi connectivity index (χ2n) is 6.08. The lowest BCUT2D eigenvalue weighted by Gasteiger charge is -2.07. The van der Waals surface area contributed by atoms with E-state index >= 15 is 0 Å². The average Bonchev–Trinajstić information content (AvgIpc) is 3.05. The van der Waals surface area contributed by atoms with Crippen LogP contribution < -0.4 is 14.8 Å². The van der Waals surface area contributed by atoms with Crippen LogP contribution in [0.4, 0.5) is 0 Å². The molecule has 0 atom stereocenters. The van der Waals surface area contributed by atoms with Crippen LogP contribution in [0.15, 0.2) is 29.1 Å². The Hall–Kier alpha value is -1.20. The highest BCUT2D eigenvalue weighted by Crippen LogP contribution is 2.29. The summed E-state index contributed by atoms with van der Waals surface area (Å²) >= 11 is 5.94. The number of thiazole rings is 1. The second kappa shape index (κ2) is 6.75. The van der Waals surface area contributed by atoms with Crippen LogP contribution in [0.3, 0.4) is 0 Å². The quantitative estimate of drug-likeness (QED) is 0.329. The van der Waals surface area contributed by atoms with E-state index in [0.29, 0.717) is 4.53 Å². The summed E-state index contributed by atoms with van der Waals surface area (Å²) in [5, 5.41) is 0. The highest BCUT2D eigenvalue weighted by molar-refractivity contribution is 14.1. The maximum absolute atomic E-state index is 13.0. The van der Waals surface area contributed by atoms with Crippen molar-refractivity contribution in [1.29, 1.82) is 0 Å². The minimum Gasteiger partial charge on any atom is -0.495 e. The molecule has 0 N–H and O–H groups in total. The molecule has 0 bridgehead atoms. The number of rotatable bonds is 2. The van der Waals surface area contributed by atoms with Crippen molar-refractivity contribution in [3.63, 3.8) is 0 Å². The number of imidazole rings is 1. The highest BCUT2D eigenvalue weighted by Gasteiger charge is 2.14. The first-order valence-corrected chi connectivity index (χ1v) is 10.8. The first-order valence-electron chi connectivity index (χ1n) is 7.86. The lowest BCUT2D eigenvalue weighted by Crippen LogP contribution is -2.22. The van der Waals surface area contributed by atoms with Crippen LogP contribution in [0.1, 0.15) is 16.7 Å². The summed E-state index contributed by atoms with van der Waals surface area (Å²) in [4.78, 5) is 18.4. The Labute approximate surface area is 181 Å². The standard InChI is InChI=1S/C19H14I2N2O2S/c1-9-4-14-15(5-10(9)2)23-18(24)16(26-19(23)22-14)7-11-6-12(20)8-13(21)17(11)25-3/h4-8H,1-3H3. The first kappa shape index (κ1) is 18.2. The largest absolute Gasteiger partial charge is 0.495 e. The van der Waals surface area contributed by atoms with Crippen molar-refractivity contribution in [3.05, 3.63) is 63.0 Å². The number of methoxy groups -OCH3 is 1. The fraction of sp³-hybridized carbons (Fsp3) is 0.158. The van der Waals surface area contributed by atoms with Crippen molar-refractivity contribution in [2.24, 2.45) is 0 Å². The molecule has 4 rings (SSSR count). The number of benzene rings is 2. The van der Waals surface area contributed by atoms with Crippen LogP contribution >= 0.6 is 56.5 Å². The topological polar surface area (TPSA) is 43.6 Å². The van der Waals surface area contributed by atoms with E-state index < -0.39 is 0 Å². The summed E-state index contributed by atoms with van der Waals surface area (Å²) < 4.78 is 10.0. The summed E-state index contributed by atoms with van der Waals surface area (Å²) in [6, 6.07) is 8.15.